The van der Waals surface area contributed by atoms with E-state index in [0.29, 0.717) is 12.3 Å². The molecule has 0 radical (unpaired) electrons. The van der Waals surface area contributed by atoms with Crippen LogP contribution in [0.2, 0.25) is 0 Å². The lowest BCUT2D eigenvalue weighted by Gasteiger charge is -2.19. The van der Waals surface area contributed by atoms with Gasteiger partial charge in [0, 0.05) is 19.5 Å². The lowest BCUT2D eigenvalue weighted by atomic mass is 10.0. The fraction of sp³-hybridized carbons (Fsp3) is 0.692. The van der Waals surface area contributed by atoms with Gasteiger partial charge in [0.05, 0.1) is 6.54 Å². The van der Waals surface area contributed by atoms with Gasteiger partial charge in [0.15, 0.2) is 0 Å². The largest absolute Gasteiger partial charge is 0.352 e. The molecular formula is C13H22N2O2. The van der Waals surface area contributed by atoms with Crippen LogP contribution in [0.5, 0.6) is 0 Å². The highest BCUT2D eigenvalue weighted by molar-refractivity contribution is 5.84. The summed E-state index contributed by atoms with van der Waals surface area (Å²) in [6, 6.07) is 0.115. The average molecular weight is 238 g/mol. The molecule has 0 heterocycles. The van der Waals surface area contributed by atoms with E-state index >= 15 is 0 Å². The molecule has 0 aromatic carbocycles. The number of allylic oxidation sites excluding steroid dienone is 2. The third-order valence-corrected chi connectivity index (χ3v) is 2.81. The fourth-order valence-electron chi connectivity index (χ4n) is 1.92. The summed E-state index contributed by atoms with van der Waals surface area (Å²) in [5, 5.41) is 2.78. The Morgan fingerprint density at radius 3 is 2.71 bits per heavy atom. The molecule has 96 valence electrons. The van der Waals surface area contributed by atoms with E-state index in [0.717, 1.165) is 12.8 Å². The van der Waals surface area contributed by atoms with Crippen LogP contribution in [0.15, 0.2) is 12.2 Å². The van der Waals surface area contributed by atoms with E-state index < -0.39 is 0 Å². The number of amides is 2. The number of carbonyl (C=O) groups excluding carboxylic acids is 2. The highest BCUT2D eigenvalue weighted by Gasteiger charge is 2.18. The molecule has 0 aliphatic heterocycles. The molecule has 17 heavy (non-hydrogen) atoms. The summed E-state index contributed by atoms with van der Waals surface area (Å²) >= 11 is 0. The molecule has 4 nitrogen and oxygen atoms in total. The maximum Gasteiger partial charge on any atom is 0.239 e. The number of nitrogens with zero attached hydrogens (tertiary/aromatic N) is 1. The van der Waals surface area contributed by atoms with Gasteiger partial charge in [0.1, 0.15) is 0 Å². The van der Waals surface area contributed by atoms with Crippen molar-refractivity contribution in [3.8, 4) is 0 Å². The van der Waals surface area contributed by atoms with E-state index in [1.54, 1.807) is 7.05 Å². The maximum atomic E-state index is 11.8. The molecule has 0 spiro atoms. The first-order chi connectivity index (χ1) is 7.99. The van der Waals surface area contributed by atoms with Gasteiger partial charge in [-0.25, -0.2) is 0 Å². The molecule has 0 aromatic rings. The second kappa shape index (κ2) is 6.42. The predicted molar refractivity (Wildman–Crippen MR) is 67.4 cm³/mol. The highest BCUT2D eigenvalue weighted by Crippen LogP contribution is 2.20. The molecule has 0 saturated heterocycles. The zero-order valence-corrected chi connectivity index (χ0v) is 10.9. The minimum absolute atomic E-state index is 0.0421. The minimum atomic E-state index is -0.0992. The molecule has 2 amide bonds. The van der Waals surface area contributed by atoms with Gasteiger partial charge in [-0.2, -0.15) is 0 Å². The molecule has 1 aliphatic carbocycles. The first-order valence-corrected chi connectivity index (χ1v) is 6.19. The van der Waals surface area contributed by atoms with Gasteiger partial charge >= 0.3 is 0 Å². The van der Waals surface area contributed by atoms with Crippen molar-refractivity contribution in [2.24, 2.45) is 5.92 Å². The monoisotopic (exact) mass is 238 g/mol. The number of hydrogen-bond acceptors (Lipinski definition) is 2. The van der Waals surface area contributed by atoms with Gasteiger partial charge in [0.2, 0.25) is 11.8 Å². The van der Waals surface area contributed by atoms with Crippen LogP contribution in [0.25, 0.3) is 0 Å². The van der Waals surface area contributed by atoms with Crippen molar-refractivity contribution in [1.29, 1.82) is 0 Å². The Morgan fingerprint density at radius 1 is 1.47 bits per heavy atom. The quantitative estimate of drug-likeness (QED) is 0.734. The second-order valence-electron chi connectivity index (χ2n) is 4.94. The third-order valence-electron chi connectivity index (χ3n) is 2.81. The van der Waals surface area contributed by atoms with Crippen LogP contribution in [0, 0.1) is 5.92 Å². The molecule has 1 aliphatic rings. The van der Waals surface area contributed by atoms with Gasteiger partial charge in [-0.15, -0.1) is 0 Å². The lowest BCUT2D eigenvalue weighted by molar-refractivity contribution is -0.135. The number of rotatable bonds is 5. The first kappa shape index (κ1) is 13.7. The molecule has 1 atom stereocenters. The molecule has 4 heteroatoms. The number of nitrogens with one attached hydrogen (secondary N) is 1. The highest BCUT2D eigenvalue weighted by atomic mass is 16.2. The van der Waals surface area contributed by atoms with Crippen LogP contribution in [0.1, 0.15) is 33.1 Å². The Bertz CT molecular complexity index is 311. The van der Waals surface area contributed by atoms with Crippen molar-refractivity contribution in [3.05, 3.63) is 12.2 Å². The summed E-state index contributed by atoms with van der Waals surface area (Å²) in [5.41, 5.74) is 0. The molecule has 1 N–H and O–H groups in total. The van der Waals surface area contributed by atoms with Crippen molar-refractivity contribution < 1.29 is 9.59 Å². The van der Waals surface area contributed by atoms with Crippen LogP contribution in [-0.4, -0.2) is 36.3 Å². The average Bonchev–Trinajstić information content (AvgIpc) is 2.68. The van der Waals surface area contributed by atoms with Crippen molar-refractivity contribution in [2.75, 3.05) is 13.6 Å². The number of likely N-dealkylation sites (N-methyl/N-ethyl adjacent to an activating group) is 1. The van der Waals surface area contributed by atoms with Crippen molar-refractivity contribution in [2.45, 2.75) is 39.2 Å². The third kappa shape index (κ3) is 5.02. The molecule has 0 fully saturated rings. The maximum absolute atomic E-state index is 11.8. The van der Waals surface area contributed by atoms with E-state index in [1.807, 2.05) is 13.8 Å². The van der Waals surface area contributed by atoms with Crippen LogP contribution in [0.3, 0.4) is 0 Å². The molecule has 0 aromatic heterocycles. The topological polar surface area (TPSA) is 49.4 Å². The zero-order valence-electron chi connectivity index (χ0n) is 10.9. The van der Waals surface area contributed by atoms with Gasteiger partial charge < -0.3 is 10.2 Å². The minimum Gasteiger partial charge on any atom is -0.352 e. The summed E-state index contributed by atoms with van der Waals surface area (Å²) < 4.78 is 0. The Kier molecular flexibility index (Phi) is 5.19. The lowest BCUT2D eigenvalue weighted by Crippen LogP contribution is -2.41. The summed E-state index contributed by atoms with van der Waals surface area (Å²) in [5.74, 6) is 0.302. The summed E-state index contributed by atoms with van der Waals surface area (Å²) in [6.07, 6.45) is 6.85. The molecule has 1 rings (SSSR count). The summed E-state index contributed by atoms with van der Waals surface area (Å²) in [7, 11) is 1.68. The van der Waals surface area contributed by atoms with E-state index in [4.69, 9.17) is 0 Å². The first-order valence-electron chi connectivity index (χ1n) is 6.19. The Labute approximate surface area is 103 Å². The Hall–Kier alpha value is -1.32. The summed E-state index contributed by atoms with van der Waals surface area (Å²) in [6.45, 7) is 3.96. The standard InChI is InChI=1S/C13H22N2O2/c1-10(2)14-12(16)9-15(3)13(17)8-11-6-4-5-7-11/h4,6,10-11H,5,7-9H2,1-3H3,(H,14,16). The van der Waals surface area contributed by atoms with Crippen LogP contribution in [0.4, 0.5) is 0 Å². The van der Waals surface area contributed by atoms with E-state index in [9.17, 15) is 9.59 Å². The van der Waals surface area contributed by atoms with E-state index in [2.05, 4.69) is 17.5 Å². The molecule has 1 unspecified atom stereocenters. The van der Waals surface area contributed by atoms with Crippen LogP contribution < -0.4 is 5.32 Å². The molecular weight excluding hydrogens is 216 g/mol. The van der Waals surface area contributed by atoms with Crippen molar-refractivity contribution in [3.63, 3.8) is 0 Å². The van der Waals surface area contributed by atoms with E-state index in [1.165, 1.54) is 4.90 Å². The second-order valence-corrected chi connectivity index (χ2v) is 4.94. The van der Waals surface area contributed by atoms with Crippen LogP contribution in [-0.2, 0) is 9.59 Å². The zero-order chi connectivity index (χ0) is 12.8. The SMILES string of the molecule is CC(C)NC(=O)CN(C)C(=O)CC1C=CCC1. The molecule has 0 saturated carbocycles. The number of hydrogen-bond donors (Lipinski definition) is 1. The smallest absolute Gasteiger partial charge is 0.239 e. The van der Waals surface area contributed by atoms with Gasteiger partial charge in [-0.05, 0) is 32.6 Å². The van der Waals surface area contributed by atoms with Gasteiger partial charge in [-0.1, -0.05) is 12.2 Å². The number of carbonyl (C=O) groups is 2. The van der Waals surface area contributed by atoms with Crippen molar-refractivity contribution >= 4 is 11.8 Å². The van der Waals surface area contributed by atoms with Gasteiger partial charge in [-0.3, -0.25) is 9.59 Å². The van der Waals surface area contributed by atoms with Crippen LogP contribution >= 0.6 is 0 Å². The van der Waals surface area contributed by atoms with Gasteiger partial charge in [0.25, 0.3) is 0 Å². The Balaban J connectivity index is 2.30. The summed E-state index contributed by atoms with van der Waals surface area (Å²) in [4.78, 5) is 24.8. The normalized spacial score (nSPS) is 18.5. The molecule has 0 bridgehead atoms. The van der Waals surface area contributed by atoms with Crippen molar-refractivity contribution in [1.82, 2.24) is 10.2 Å². The predicted octanol–water partition coefficient (Wildman–Crippen LogP) is 1.33. The van der Waals surface area contributed by atoms with E-state index in [-0.39, 0.29) is 24.4 Å². The fourth-order valence-corrected chi connectivity index (χ4v) is 1.92. The Morgan fingerprint density at radius 2 is 2.18 bits per heavy atom.